The minimum absolute atomic E-state index is 0.302. The van der Waals surface area contributed by atoms with Crippen molar-refractivity contribution in [2.45, 2.75) is 20.4 Å². The third kappa shape index (κ3) is 2.99. The van der Waals surface area contributed by atoms with Gasteiger partial charge in [-0.3, -0.25) is 0 Å². The molecule has 0 fully saturated rings. The Morgan fingerprint density at radius 3 is 2.80 bits per heavy atom. The van der Waals surface area contributed by atoms with Crippen molar-refractivity contribution >= 4 is 11.7 Å². The molecule has 0 aliphatic carbocycles. The predicted octanol–water partition coefficient (Wildman–Crippen LogP) is 3.43. The Hall–Kier alpha value is -2.30. The molecule has 1 N–H and O–H groups in total. The number of rotatable bonds is 4. The Kier molecular flexibility index (Phi) is 4.08. The number of benzene rings is 1. The van der Waals surface area contributed by atoms with Crippen LogP contribution in [0.25, 0.3) is 0 Å². The second-order valence-electron chi connectivity index (χ2n) is 4.49. The van der Waals surface area contributed by atoms with E-state index in [0.717, 1.165) is 5.56 Å². The van der Waals surface area contributed by atoms with E-state index >= 15 is 0 Å². The van der Waals surface area contributed by atoms with Crippen molar-refractivity contribution in [2.75, 3.05) is 12.4 Å². The van der Waals surface area contributed by atoms with Gasteiger partial charge >= 0.3 is 5.97 Å². The van der Waals surface area contributed by atoms with Gasteiger partial charge in [-0.25, -0.2) is 9.18 Å². The van der Waals surface area contributed by atoms with Gasteiger partial charge < -0.3 is 14.5 Å². The molecule has 1 heterocycles. The molecule has 0 aliphatic heterocycles. The monoisotopic (exact) mass is 277 g/mol. The molecule has 0 aliphatic rings. The SMILES string of the molecule is COC(=O)c1cc(CNc2cc(F)ccc2C)oc1C. The minimum atomic E-state index is -0.431. The van der Waals surface area contributed by atoms with Crippen molar-refractivity contribution in [2.24, 2.45) is 0 Å². The van der Waals surface area contributed by atoms with Crippen molar-refractivity contribution < 1.29 is 18.3 Å². The molecular formula is C15H16FNO3. The molecule has 0 spiro atoms. The maximum absolute atomic E-state index is 13.2. The number of ether oxygens (including phenoxy) is 1. The van der Waals surface area contributed by atoms with Gasteiger partial charge in [0.2, 0.25) is 0 Å². The normalized spacial score (nSPS) is 10.4. The number of carbonyl (C=O) groups excluding carboxylic acids is 1. The summed E-state index contributed by atoms with van der Waals surface area (Å²) in [4.78, 5) is 11.5. The summed E-state index contributed by atoms with van der Waals surface area (Å²) < 4.78 is 23.3. The number of methoxy groups -OCH3 is 1. The lowest BCUT2D eigenvalue weighted by Crippen LogP contribution is -2.02. The fraction of sp³-hybridized carbons (Fsp3) is 0.267. The maximum Gasteiger partial charge on any atom is 0.341 e. The van der Waals surface area contributed by atoms with Crippen LogP contribution in [0.5, 0.6) is 0 Å². The zero-order chi connectivity index (χ0) is 14.7. The highest BCUT2D eigenvalue weighted by Crippen LogP contribution is 2.20. The highest BCUT2D eigenvalue weighted by atomic mass is 19.1. The van der Waals surface area contributed by atoms with E-state index in [1.807, 2.05) is 6.92 Å². The van der Waals surface area contributed by atoms with Gasteiger partial charge in [0.05, 0.1) is 13.7 Å². The van der Waals surface area contributed by atoms with Crippen LogP contribution in [0.15, 0.2) is 28.7 Å². The van der Waals surface area contributed by atoms with Gasteiger partial charge in [0.1, 0.15) is 22.9 Å². The predicted molar refractivity (Wildman–Crippen MR) is 73.2 cm³/mol. The summed E-state index contributed by atoms with van der Waals surface area (Å²) >= 11 is 0. The van der Waals surface area contributed by atoms with Crippen LogP contribution in [0.3, 0.4) is 0 Å². The number of esters is 1. The van der Waals surface area contributed by atoms with E-state index in [1.54, 1.807) is 19.1 Å². The van der Waals surface area contributed by atoms with Gasteiger partial charge in [-0.05, 0) is 37.6 Å². The lowest BCUT2D eigenvalue weighted by Gasteiger charge is -2.07. The molecule has 5 heteroatoms. The summed E-state index contributed by atoms with van der Waals surface area (Å²) in [6.07, 6.45) is 0. The molecule has 0 saturated carbocycles. The highest BCUT2D eigenvalue weighted by Gasteiger charge is 2.15. The number of carbonyl (C=O) groups is 1. The molecule has 1 aromatic carbocycles. The van der Waals surface area contributed by atoms with E-state index < -0.39 is 5.97 Å². The van der Waals surface area contributed by atoms with Crippen molar-refractivity contribution in [1.82, 2.24) is 0 Å². The highest BCUT2D eigenvalue weighted by molar-refractivity contribution is 5.90. The zero-order valence-electron chi connectivity index (χ0n) is 11.6. The van der Waals surface area contributed by atoms with Crippen molar-refractivity contribution in [3.05, 3.63) is 52.7 Å². The molecule has 0 amide bonds. The van der Waals surface area contributed by atoms with Gasteiger partial charge in [0.25, 0.3) is 0 Å². The molecule has 2 aromatic rings. The average molecular weight is 277 g/mol. The first-order valence-electron chi connectivity index (χ1n) is 6.19. The number of hydrogen-bond acceptors (Lipinski definition) is 4. The van der Waals surface area contributed by atoms with Crippen LogP contribution >= 0.6 is 0 Å². The Balaban J connectivity index is 2.11. The molecule has 0 bridgehead atoms. The number of anilines is 1. The van der Waals surface area contributed by atoms with E-state index in [9.17, 15) is 9.18 Å². The summed E-state index contributed by atoms with van der Waals surface area (Å²) in [6.45, 7) is 3.94. The zero-order valence-corrected chi connectivity index (χ0v) is 11.6. The van der Waals surface area contributed by atoms with Gasteiger partial charge in [-0.2, -0.15) is 0 Å². The number of halogens is 1. The van der Waals surface area contributed by atoms with E-state index in [-0.39, 0.29) is 5.82 Å². The quantitative estimate of drug-likeness (QED) is 0.870. The van der Waals surface area contributed by atoms with Gasteiger partial charge in [-0.15, -0.1) is 0 Å². The van der Waals surface area contributed by atoms with E-state index in [0.29, 0.717) is 29.3 Å². The Bertz CT molecular complexity index is 634. The standard InChI is InChI=1S/C15H16FNO3/c1-9-4-5-11(16)6-14(9)17-8-12-7-13(10(2)20-12)15(18)19-3/h4-7,17H,8H2,1-3H3. The first-order chi connectivity index (χ1) is 9.51. The van der Waals surface area contributed by atoms with Crippen LogP contribution < -0.4 is 5.32 Å². The third-order valence-corrected chi connectivity index (χ3v) is 3.03. The third-order valence-electron chi connectivity index (χ3n) is 3.03. The Morgan fingerprint density at radius 2 is 2.10 bits per heavy atom. The van der Waals surface area contributed by atoms with E-state index in [4.69, 9.17) is 4.42 Å². The molecule has 0 saturated heterocycles. The van der Waals surface area contributed by atoms with Crippen molar-refractivity contribution in [3.8, 4) is 0 Å². The van der Waals surface area contributed by atoms with Crippen LogP contribution in [-0.2, 0) is 11.3 Å². The molecule has 2 rings (SSSR count). The molecule has 0 unspecified atom stereocenters. The largest absolute Gasteiger partial charge is 0.465 e. The molecule has 106 valence electrons. The summed E-state index contributed by atoms with van der Waals surface area (Å²) in [7, 11) is 1.32. The van der Waals surface area contributed by atoms with Crippen LogP contribution in [0.4, 0.5) is 10.1 Å². The summed E-state index contributed by atoms with van der Waals surface area (Å²) in [5, 5.41) is 3.08. The van der Waals surface area contributed by atoms with Crippen LogP contribution in [0, 0.1) is 19.7 Å². The van der Waals surface area contributed by atoms with E-state index in [2.05, 4.69) is 10.1 Å². The van der Waals surface area contributed by atoms with Crippen molar-refractivity contribution in [3.63, 3.8) is 0 Å². The topological polar surface area (TPSA) is 51.5 Å². The molecule has 0 atom stereocenters. The number of furan rings is 1. The molecule has 0 radical (unpaired) electrons. The molecule has 4 nitrogen and oxygen atoms in total. The number of aryl methyl sites for hydroxylation is 2. The van der Waals surface area contributed by atoms with Crippen molar-refractivity contribution in [1.29, 1.82) is 0 Å². The van der Waals surface area contributed by atoms with Gasteiger partial charge in [-0.1, -0.05) is 6.07 Å². The number of hydrogen-bond donors (Lipinski definition) is 1. The lowest BCUT2D eigenvalue weighted by molar-refractivity contribution is 0.0599. The summed E-state index contributed by atoms with van der Waals surface area (Å²) in [6, 6.07) is 6.16. The fourth-order valence-corrected chi connectivity index (χ4v) is 1.91. The molecular weight excluding hydrogens is 261 g/mol. The number of nitrogens with one attached hydrogen (secondary N) is 1. The second-order valence-corrected chi connectivity index (χ2v) is 4.49. The summed E-state index contributed by atoms with van der Waals surface area (Å²) in [5.74, 6) is 0.361. The van der Waals surface area contributed by atoms with Gasteiger partial charge in [0.15, 0.2) is 0 Å². The average Bonchev–Trinajstić information content (AvgIpc) is 2.80. The Labute approximate surface area is 116 Å². The maximum atomic E-state index is 13.2. The first kappa shape index (κ1) is 14.1. The van der Waals surface area contributed by atoms with Crippen LogP contribution in [-0.4, -0.2) is 13.1 Å². The van der Waals surface area contributed by atoms with Crippen LogP contribution in [0.1, 0.15) is 27.4 Å². The minimum Gasteiger partial charge on any atom is -0.465 e. The summed E-state index contributed by atoms with van der Waals surface area (Å²) in [5.41, 5.74) is 2.03. The molecule has 1 aromatic heterocycles. The fourth-order valence-electron chi connectivity index (χ4n) is 1.91. The first-order valence-corrected chi connectivity index (χ1v) is 6.19. The molecule has 20 heavy (non-hydrogen) atoms. The van der Waals surface area contributed by atoms with E-state index in [1.165, 1.54) is 19.2 Å². The van der Waals surface area contributed by atoms with Gasteiger partial charge in [0, 0.05) is 5.69 Å². The lowest BCUT2D eigenvalue weighted by atomic mass is 10.2. The van der Waals surface area contributed by atoms with Crippen LogP contribution in [0.2, 0.25) is 0 Å². The smallest absolute Gasteiger partial charge is 0.341 e. The Morgan fingerprint density at radius 1 is 1.35 bits per heavy atom. The second kappa shape index (κ2) is 5.77.